The van der Waals surface area contributed by atoms with Crippen LogP contribution in [0.15, 0.2) is 30.5 Å². The Balaban J connectivity index is 2.08. The number of nitrogens with zero attached hydrogens (tertiary/aromatic N) is 3. The number of nitrogens with two attached hydrogens (primary N) is 2. The molecule has 5 N–H and O–H groups in total. The lowest BCUT2D eigenvalue weighted by Gasteiger charge is -2.13. The SMILES string of the molecule is COc1cc2cn[nH]c2cc1-c1ccc(F)c2c(N)c(C(N)=O)nnc12. The molecule has 2 aromatic heterocycles. The van der Waals surface area contributed by atoms with Crippen LogP contribution in [0.25, 0.3) is 32.9 Å². The van der Waals surface area contributed by atoms with Crippen molar-refractivity contribution >= 4 is 33.4 Å². The van der Waals surface area contributed by atoms with Gasteiger partial charge in [0, 0.05) is 16.5 Å². The number of ether oxygens (including phenoxy) is 1. The zero-order valence-corrected chi connectivity index (χ0v) is 13.6. The summed E-state index contributed by atoms with van der Waals surface area (Å²) in [6.45, 7) is 0. The predicted octanol–water partition coefficient (Wildman–Crippen LogP) is 2.00. The quantitative estimate of drug-likeness (QED) is 0.516. The largest absolute Gasteiger partial charge is 0.496 e. The van der Waals surface area contributed by atoms with Crippen molar-refractivity contribution in [3.8, 4) is 16.9 Å². The first-order valence-corrected chi connectivity index (χ1v) is 7.57. The van der Waals surface area contributed by atoms with Gasteiger partial charge in [-0.15, -0.1) is 10.2 Å². The summed E-state index contributed by atoms with van der Waals surface area (Å²) in [5.74, 6) is -0.954. The maximum atomic E-state index is 14.4. The fourth-order valence-corrected chi connectivity index (χ4v) is 2.95. The van der Waals surface area contributed by atoms with E-state index in [1.807, 2.05) is 6.07 Å². The van der Waals surface area contributed by atoms with Crippen LogP contribution in [0.3, 0.4) is 0 Å². The lowest BCUT2D eigenvalue weighted by Crippen LogP contribution is -2.17. The van der Waals surface area contributed by atoms with E-state index in [9.17, 15) is 9.18 Å². The molecule has 0 aliphatic carbocycles. The van der Waals surface area contributed by atoms with Crippen LogP contribution in [0, 0.1) is 5.82 Å². The molecule has 0 saturated carbocycles. The van der Waals surface area contributed by atoms with Gasteiger partial charge in [-0.1, -0.05) is 0 Å². The highest BCUT2D eigenvalue weighted by Crippen LogP contribution is 2.38. The van der Waals surface area contributed by atoms with Gasteiger partial charge < -0.3 is 16.2 Å². The number of primary amides is 1. The molecule has 0 spiro atoms. The van der Waals surface area contributed by atoms with Gasteiger partial charge in [-0.05, 0) is 24.3 Å². The van der Waals surface area contributed by atoms with Crippen LogP contribution < -0.4 is 16.2 Å². The van der Waals surface area contributed by atoms with Crippen LogP contribution in [-0.4, -0.2) is 33.4 Å². The Morgan fingerprint density at radius 1 is 1.23 bits per heavy atom. The van der Waals surface area contributed by atoms with Gasteiger partial charge in [0.15, 0.2) is 5.69 Å². The standard InChI is InChI=1S/C17H13FN6O2/c1-26-12-4-7-6-21-22-11(7)5-9(12)8-2-3-10(18)13-14(19)16(17(20)25)24-23-15(8)13/h2-6H,1H3,(H2,19,23)(H2,20,25)(H,21,22). The second-order valence-electron chi connectivity index (χ2n) is 5.65. The number of aromatic nitrogens is 4. The molecule has 4 aromatic rings. The number of aromatic amines is 1. The van der Waals surface area contributed by atoms with Gasteiger partial charge in [-0.3, -0.25) is 9.89 Å². The molecule has 26 heavy (non-hydrogen) atoms. The van der Waals surface area contributed by atoms with Crippen molar-refractivity contribution in [3.63, 3.8) is 0 Å². The van der Waals surface area contributed by atoms with E-state index in [1.54, 1.807) is 18.3 Å². The molecule has 0 unspecified atom stereocenters. The summed E-state index contributed by atoms with van der Waals surface area (Å²) in [7, 11) is 1.53. The highest BCUT2D eigenvalue weighted by molar-refractivity contribution is 6.08. The summed E-state index contributed by atoms with van der Waals surface area (Å²) in [6.07, 6.45) is 1.67. The molecule has 0 aliphatic heterocycles. The first kappa shape index (κ1) is 15.8. The minimum Gasteiger partial charge on any atom is -0.496 e. The minimum atomic E-state index is -0.877. The first-order chi connectivity index (χ1) is 12.5. The number of amides is 1. The van der Waals surface area contributed by atoms with Crippen molar-refractivity contribution < 1.29 is 13.9 Å². The van der Waals surface area contributed by atoms with E-state index in [0.717, 1.165) is 10.9 Å². The monoisotopic (exact) mass is 352 g/mol. The fraction of sp³-hybridized carbons (Fsp3) is 0.0588. The topological polar surface area (TPSA) is 133 Å². The summed E-state index contributed by atoms with van der Waals surface area (Å²) in [4.78, 5) is 11.4. The third-order valence-electron chi connectivity index (χ3n) is 4.19. The van der Waals surface area contributed by atoms with Gasteiger partial charge in [-0.2, -0.15) is 5.10 Å². The molecule has 0 saturated heterocycles. The number of hydrogen-bond acceptors (Lipinski definition) is 6. The summed E-state index contributed by atoms with van der Waals surface area (Å²) in [5.41, 5.74) is 12.9. The molecule has 0 bridgehead atoms. The molecule has 8 nitrogen and oxygen atoms in total. The number of methoxy groups -OCH3 is 1. The number of nitrogens with one attached hydrogen (secondary N) is 1. The molecule has 9 heteroatoms. The van der Waals surface area contributed by atoms with E-state index in [2.05, 4.69) is 20.4 Å². The summed E-state index contributed by atoms with van der Waals surface area (Å²) < 4.78 is 19.9. The molecular weight excluding hydrogens is 339 g/mol. The Kier molecular flexibility index (Phi) is 3.43. The van der Waals surface area contributed by atoms with Crippen molar-refractivity contribution in [2.75, 3.05) is 12.8 Å². The molecule has 1 amide bonds. The van der Waals surface area contributed by atoms with Crippen LogP contribution in [0.4, 0.5) is 10.1 Å². The molecule has 4 rings (SSSR count). The molecule has 0 fully saturated rings. The normalized spacial score (nSPS) is 11.2. The number of nitrogen functional groups attached to an aromatic ring is 1. The fourth-order valence-electron chi connectivity index (χ4n) is 2.95. The maximum absolute atomic E-state index is 14.4. The zero-order chi connectivity index (χ0) is 18.4. The Labute approximate surface area is 146 Å². The van der Waals surface area contributed by atoms with Gasteiger partial charge in [0.25, 0.3) is 5.91 Å². The van der Waals surface area contributed by atoms with E-state index in [0.29, 0.717) is 16.9 Å². The number of carbonyl (C=O) groups excluding carboxylic acids is 1. The average Bonchev–Trinajstić information content (AvgIpc) is 3.08. The molecule has 0 aliphatic rings. The van der Waals surface area contributed by atoms with E-state index < -0.39 is 11.7 Å². The van der Waals surface area contributed by atoms with Gasteiger partial charge in [0.1, 0.15) is 17.1 Å². The Morgan fingerprint density at radius 3 is 2.77 bits per heavy atom. The van der Waals surface area contributed by atoms with Gasteiger partial charge >= 0.3 is 0 Å². The van der Waals surface area contributed by atoms with Crippen LogP contribution in [0.1, 0.15) is 10.5 Å². The predicted molar refractivity (Wildman–Crippen MR) is 94.1 cm³/mol. The Morgan fingerprint density at radius 2 is 2.04 bits per heavy atom. The highest BCUT2D eigenvalue weighted by atomic mass is 19.1. The van der Waals surface area contributed by atoms with Gasteiger partial charge in [0.2, 0.25) is 0 Å². The second-order valence-corrected chi connectivity index (χ2v) is 5.65. The lowest BCUT2D eigenvalue weighted by atomic mass is 9.99. The zero-order valence-electron chi connectivity index (χ0n) is 13.6. The summed E-state index contributed by atoms with van der Waals surface area (Å²) in [5, 5.41) is 15.5. The number of halogens is 1. The summed E-state index contributed by atoms with van der Waals surface area (Å²) in [6, 6.07) is 6.42. The first-order valence-electron chi connectivity index (χ1n) is 7.57. The highest BCUT2D eigenvalue weighted by Gasteiger charge is 2.20. The molecule has 0 radical (unpaired) electrons. The number of fused-ring (bicyclic) bond motifs is 2. The molecular formula is C17H13FN6O2. The number of anilines is 1. The van der Waals surface area contributed by atoms with Crippen LogP contribution in [0.5, 0.6) is 5.75 Å². The number of hydrogen-bond donors (Lipinski definition) is 3. The molecule has 2 aromatic carbocycles. The van der Waals surface area contributed by atoms with E-state index in [4.69, 9.17) is 16.2 Å². The van der Waals surface area contributed by atoms with Gasteiger partial charge in [0.05, 0.1) is 29.9 Å². The number of rotatable bonds is 3. The van der Waals surface area contributed by atoms with Crippen molar-refractivity contribution in [3.05, 3.63) is 42.0 Å². The minimum absolute atomic E-state index is 0.0157. The van der Waals surface area contributed by atoms with Crippen LogP contribution in [-0.2, 0) is 0 Å². The average molecular weight is 352 g/mol. The second kappa shape index (κ2) is 5.66. The molecule has 130 valence electrons. The van der Waals surface area contributed by atoms with Crippen molar-refractivity contribution in [1.29, 1.82) is 0 Å². The third-order valence-corrected chi connectivity index (χ3v) is 4.19. The van der Waals surface area contributed by atoms with Crippen LogP contribution in [0.2, 0.25) is 0 Å². The van der Waals surface area contributed by atoms with Crippen molar-refractivity contribution in [2.24, 2.45) is 5.73 Å². The third kappa shape index (κ3) is 2.21. The lowest BCUT2D eigenvalue weighted by molar-refractivity contribution is 0.0996. The van der Waals surface area contributed by atoms with Crippen molar-refractivity contribution in [1.82, 2.24) is 20.4 Å². The molecule has 2 heterocycles. The number of benzene rings is 2. The number of carbonyl (C=O) groups is 1. The van der Waals surface area contributed by atoms with Gasteiger partial charge in [-0.25, -0.2) is 4.39 Å². The Hall–Kier alpha value is -3.75. The summed E-state index contributed by atoms with van der Waals surface area (Å²) >= 11 is 0. The number of H-pyrrole nitrogens is 1. The smallest absolute Gasteiger partial charge is 0.271 e. The van der Waals surface area contributed by atoms with Crippen molar-refractivity contribution in [2.45, 2.75) is 0 Å². The van der Waals surface area contributed by atoms with Crippen LogP contribution >= 0.6 is 0 Å². The van der Waals surface area contributed by atoms with E-state index in [-0.39, 0.29) is 22.3 Å². The molecule has 0 atom stereocenters. The van der Waals surface area contributed by atoms with E-state index in [1.165, 1.54) is 13.2 Å². The maximum Gasteiger partial charge on any atom is 0.271 e. The van der Waals surface area contributed by atoms with E-state index >= 15 is 0 Å². The Bertz CT molecular complexity index is 1190.